The average molecular weight is 204 g/mol. The van der Waals surface area contributed by atoms with Crippen molar-refractivity contribution < 1.29 is 9.53 Å². The first-order valence-electron chi connectivity index (χ1n) is 5.08. The monoisotopic (exact) mass is 204 g/mol. The molecule has 0 N–H and O–H groups in total. The van der Waals surface area contributed by atoms with Gasteiger partial charge in [-0.3, -0.25) is 4.79 Å². The molecule has 0 unspecified atom stereocenters. The summed E-state index contributed by atoms with van der Waals surface area (Å²) in [5, 5.41) is 0. The minimum Gasteiger partial charge on any atom is -0.426 e. The van der Waals surface area contributed by atoms with Crippen molar-refractivity contribution in [3.63, 3.8) is 0 Å². The molecule has 1 aromatic rings. The van der Waals surface area contributed by atoms with E-state index in [0.717, 1.165) is 5.56 Å². The Morgan fingerprint density at radius 3 is 2.33 bits per heavy atom. The van der Waals surface area contributed by atoms with Crippen LogP contribution in [0, 0.1) is 5.92 Å². The van der Waals surface area contributed by atoms with Gasteiger partial charge in [-0.1, -0.05) is 38.1 Å². The van der Waals surface area contributed by atoms with E-state index >= 15 is 0 Å². The number of rotatable bonds is 3. The van der Waals surface area contributed by atoms with E-state index in [4.69, 9.17) is 4.74 Å². The van der Waals surface area contributed by atoms with Crippen molar-refractivity contribution in [3.05, 3.63) is 35.9 Å². The third-order valence-electron chi connectivity index (χ3n) is 1.93. The molecule has 0 fully saturated rings. The van der Waals surface area contributed by atoms with E-state index in [2.05, 4.69) is 0 Å². The molecule has 0 saturated carbocycles. The molecule has 0 aliphatic carbocycles. The van der Waals surface area contributed by atoms with Gasteiger partial charge in [0.05, 0.1) is 5.92 Å². The summed E-state index contributed by atoms with van der Waals surface area (Å²) in [6.45, 7) is 5.60. The van der Waals surface area contributed by atoms with E-state index in [0.29, 0.717) is 5.75 Å². The Hall–Kier alpha value is -1.57. The van der Waals surface area contributed by atoms with Crippen LogP contribution in [0.15, 0.2) is 30.3 Å². The Morgan fingerprint density at radius 1 is 1.27 bits per heavy atom. The lowest BCUT2D eigenvalue weighted by Crippen LogP contribution is -2.14. The van der Waals surface area contributed by atoms with Gasteiger partial charge in [-0.2, -0.15) is 0 Å². The van der Waals surface area contributed by atoms with Gasteiger partial charge in [0.15, 0.2) is 0 Å². The van der Waals surface area contributed by atoms with E-state index in [1.165, 1.54) is 0 Å². The van der Waals surface area contributed by atoms with Crippen molar-refractivity contribution in [2.45, 2.75) is 20.8 Å². The normalized spacial score (nSPS) is 10.9. The second-order valence-electron chi connectivity index (χ2n) is 3.64. The van der Waals surface area contributed by atoms with Crippen LogP contribution in [-0.4, -0.2) is 5.97 Å². The van der Waals surface area contributed by atoms with Crippen LogP contribution in [0.3, 0.4) is 0 Å². The highest BCUT2D eigenvalue weighted by atomic mass is 16.5. The zero-order valence-corrected chi connectivity index (χ0v) is 9.36. The molecule has 0 aliphatic rings. The Balaban J connectivity index is 2.68. The first-order chi connectivity index (χ1) is 7.13. The molecule has 0 atom stereocenters. The minimum atomic E-state index is -0.200. The minimum absolute atomic E-state index is 0.0970. The van der Waals surface area contributed by atoms with Crippen LogP contribution in [0.25, 0.3) is 6.08 Å². The third kappa shape index (κ3) is 3.58. The Morgan fingerprint density at radius 2 is 1.87 bits per heavy atom. The van der Waals surface area contributed by atoms with Crippen molar-refractivity contribution in [1.29, 1.82) is 0 Å². The molecule has 0 aliphatic heterocycles. The topological polar surface area (TPSA) is 26.3 Å². The molecule has 2 heteroatoms. The summed E-state index contributed by atoms with van der Waals surface area (Å²) in [5.41, 5.74) is 1.10. The van der Waals surface area contributed by atoms with Gasteiger partial charge < -0.3 is 4.74 Å². The second kappa shape index (κ2) is 5.35. The van der Waals surface area contributed by atoms with E-state index < -0.39 is 0 Å². The lowest BCUT2D eigenvalue weighted by atomic mass is 10.2. The predicted molar refractivity (Wildman–Crippen MR) is 61.6 cm³/mol. The summed E-state index contributed by atoms with van der Waals surface area (Å²) in [4.78, 5) is 11.3. The van der Waals surface area contributed by atoms with Gasteiger partial charge in [-0.25, -0.2) is 0 Å². The lowest BCUT2D eigenvalue weighted by Gasteiger charge is -2.06. The molecule has 0 radical (unpaired) electrons. The molecule has 0 aromatic heterocycles. The molecule has 0 spiro atoms. The highest BCUT2D eigenvalue weighted by Gasteiger charge is 2.08. The highest BCUT2D eigenvalue weighted by molar-refractivity contribution is 5.74. The van der Waals surface area contributed by atoms with Gasteiger partial charge >= 0.3 is 5.97 Å². The smallest absolute Gasteiger partial charge is 0.313 e. The van der Waals surface area contributed by atoms with Crippen LogP contribution >= 0.6 is 0 Å². The van der Waals surface area contributed by atoms with Gasteiger partial charge in [0, 0.05) is 0 Å². The van der Waals surface area contributed by atoms with Crippen molar-refractivity contribution in [1.82, 2.24) is 0 Å². The molecule has 1 rings (SSSR count). The number of esters is 1. The van der Waals surface area contributed by atoms with Crippen molar-refractivity contribution in [3.8, 4) is 5.75 Å². The summed E-state index contributed by atoms with van der Waals surface area (Å²) in [6.07, 6.45) is 3.96. The first kappa shape index (κ1) is 11.5. The predicted octanol–water partition coefficient (Wildman–Crippen LogP) is 3.28. The van der Waals surface area contributed by atoms with Crippen LogP contribution in [0.5, 0.6) is 5.75 Å². The molecular formula is C13H16O2. The van der Waals surface area contributed by atoms with Gasteiger partial charge in [0.25, 0.3) is 0 Å². The molecule has 2 nitrogen and oxygen atoms in total. The van der Waals surface area contributed by atoms with Crippen LogP contribution < -0.4 is 4.74 Å². The molecule has 1 aromatic carbocycles. The van der Waals surface area contributed by atoms with Crippen LogP contribution in [0.1, 0.15) is 26.3 Å². The van der Waals surface area contributed by atoms with E-state index in [-0.39, 0.29) is 11.9 Å². The Kier molecular flexibility index (Phi) is 4.10. The maximum atomic E-state index is 11.3. The summed E-state index contributed by atoms with van der Waals surface area (Å²) < 4.78 is 5.15. The number of carbonyl (C=O) groups is 1. The fraction of sp³-hybridized carbons (Fsp3) is 0.308. The highest BCUT2D eigenvalue weighted by Crippen LogP contribution is 2.14. The Labute approximate surface area is 90.6 Å². The largest absolute Gasteiger partial charge is 0.426 e. The molecule has 0 bridgehead atoms. The average Bonchev–Trinajstić information content (AvgIpc) is 2.21. The third-order valence-corrected chi connectivity index (χ3v) is 1.93. The molecular weight excluding hydrogens is 188 g/mol. The molecule has 80 valence electrons. The number of allylic oxidation sites excluding steroid dienone is 1. The molecule has 0 saturated heterocycles. The fourth-order valence-corrected chi connectivity index (χ4v) is 1.07. The van der Waals surface area contributed by atoms with Gasteiger partial charge in [0.2, 0.25) is 0 Å². The maximum Gasteiger partial charge on any atom is 0.313 e. The molecule has 0 heterocycles. The summed E-state index contributed by atoms with van der Waals surface area (Å²) in [6, 6.07) is 7.44. The molecule has 15 heavy (non-hydrogen) atoms. The number of hydrogen-bond acceptors (Lipinski definition) is 2. The zero-order chi connectivity index (χ0) is 11.3. The Bertz CT molecular complexity index is 347. The van der Waals surface area contributed by atoms with Crippen LogP contribution in [-0.2, 0) is 4.79 Å². The van der Waals surface area contributed by atoms with Gasteiger partial charge in [-0.05, 0) is 24.6 Å². The maximum absolute atomic E-state index is 11.3. The number of hydrogen-bond donors (Lipinski definition) is 0. The molecule has 0 amide bonds. The zero-order valence-electron chi connectivity index (χ0n) is 9.36. The quantitative estimate of drug-likeness (QED) is 0.558. The van der Waals surface area contributed by atoms with Gasteiger partial charge in [0.1, 0.15) is 5.75 Å². The van der Waals surface area contributed by atoms with Crippen LogP contribution in [0.2, 0.25) is 0 Å². The number of benzene rings is 1. The summed E-state index contributed by atoms with van der Waals surface area (Å²) >= 11 is 0. The van der Waals surface area contributed by atoms with E-state index in [1.54, 1.807) is 12.1 Å². The van der Waals surface area contributed by atoms with E-state index in [1.807, 2.05) is 45.1 Å². The van der Waals surface area contributed by atoms with Gasteiger partial charge in [-0.15, -0.1) is 0 Å². The number of carbonyl (C=O) groups excluding carboxylic acids is 1. The summed E-state index contributed by atoms with van der Waals surface area (Å²) in [7, 11) is 0. The standard InChI is InChI=1S/C13H16O2/c1-4-5-11-6-8-12(9-7-11)15-13(14)10(2)3/h4-10H,1-3H3. The SMILES string of the molecule is CC=Cc1ccc(OC(=O)C(C)C)cc1. The fourth-order valence-electron chi connectivity index (χ4n) is 1.07. The second-order valence-corrected chi connectivity index (χ2v) is 3.64. The first-order valence-corrected chi connectivity index (χ1v) is 5.08. The lowest BCUT2D eigenvalue weighted by molar-refractivity contribution is -0.137. The number of ether oxygens (including phenoxy) is 1. The summed E-state index contributed by atoms with van der Waals surface area (Å²) in [5.74, 6) is 0.302. The van der Waals surface area contributed by atoms with E-state index in [9.17, 15) is 4.79 Å². The van der Waals surface area contributed by atoms with Crippen molar-refractivity contribution in [2.24, 2.45) is 5.92 Å². The van der Waals surface area contributed by atoms with Crippen molar-refractivity contribution in [2.75, 3.05) is 0 Å². The van der Waals surface area contributed by atoms with Crippen LogP contribution in [0.4, 0.5) is 0 Å². The van der Waals surface area contributed by atoms with Crippen molar-refractivity contribution >= 4 is 12.0 Å².